The van der Waals surface area contributed by atoms with Crippen LogP contribution in [0.3, 0.4) is 0 Å². The van der Waals surface area contributed by atoms with Crippen molar-refractivity contribution in [3.63, 3.8) is 0 Å². The fourth-order valence-corrected chi connectivity index (χ4v) is 2.81. The maximum absolute atomic E-state index is 12.4. The van der Waals surface area contributed by atoms with E-state index in [1.807, 2.05) is 26.1 Å². The Bertz CT molecular complexity index is 414. The molecular formula is C14H22N2O2. The molecule has 0 aromatic carbocycles. The Morgan fingerprint density at radius 3 is 2.89 bits per heavy atom. The van der Waals surface area contributed by atoms with E-state index in [0.717, 1.165) is 30.8 Å². The highest BCUT2D eigenvalue weighted by Gasteiger charge is 2.33. The van der Waals surface area contributed by atoms with Crippen molar-refractivity contribution < 1.29 is 9.21 Å². The predicted molar refractivity (Wildman–Crippen MR) is 69.8 cm³/mol. The van der Waals surface area contributed by atoms with Gasteiger partial charge in [0, 0.05) is 13.0 Å². The molecule has 1 aliphatic rings. The average molecular weight is 250 g/mol. The predicted octanol–water partition coefficient (Wildman–Crippen LogP) is 1.92. The first-order chi connectivity index (χ1) is 8.61. The minimum atomic E-state index is 0.107. The number of amides is 1. The summed E-state index contributed by atoms with van der Waals surface area (Å²) in [7, 11) is 1.84. The third-order valence-electron chi connectivity index (χ3n) is 3.84. The molecule has 0 spiro atoms. The molecule has 1 aromatic rings. The number of nitrogens with two attached hydrogens (primary N) is 1. The van der Waals surface area contributed by atoms with E-state index in [1.165, 1.54) is 0 Å². The molecule has 1 heterocycles. The Hall–Kier alpha value is -1.29. The van der Waals surface area contributed by atoms with Gasteiger partial charge in [-0.2, -0.15) is 0 Å². The van der Waals surface area contributed by atoms with Gasteiger partial charge in [0.25, 0.3) is 0 Å². The van der Waals surface area contributed by atoms with Crippen LogP contribution < -0.4 is 5.73 Å². The number of furan rings is 1. The van der Waals surface area contributed by atoms with Crippen molar-refractivity contribution in [2.24, 2.45) is 17.6 Å². The molecule has 1 aromatic heterocycles. The highest BCUT2D eigenvalue weighted by atomic mass is 16.3. The van der Waals surface area contributed by atoms with Crippen LogP contribution in [0.4, 0.5) is 0 Å². The number of aryl methyl sites for hydroxylation is 1. The lowest BCUT2D eigenvalue weighted by Gasteiger charge is -2.23. The second kappa shape index (κ2) is 5.57. The third-order valence-corrected chi connectivity index (χ3v) is 3.84. The van der Waals surface area contributed by atoms with Gasteiger partial charge in [-0.1, -0.05) is 6.42 Å². The van der Waals surface area contributed by atoms with Crippen LogP contribution in [0.5, 0.6) is 0 Å². The van der Waals surface area contributed by atoms with Crippen molar-refractivity contribution in [1.82, 2.24) is 4.90 Å². The largest absolute Gasteiger partial charge is 0.464 e. The maximum atomic E-state index is 12.4. The van der Waals surface area contributed by atoms with Crippen LogP contribution in [-0.4, -0.2) is 24.4 Å². The van der Waals surface area contributed by atoms with Crippen LogP contribution in [0.25, 0.3) is 0 Å². The van der Waals surface area contributed by atoms with E-state index in [4.69, 9.17) is 10.2 Å². The normalized spacial score (nSPS) is 23.3. The molecule has 0 saturated heterocycles. The number of carbonyl (C=O) groups is 1. The van der Waals surface area contributed by atoms with E-state index in [2.05, 4.69) is 0 Å². The minimum Gasteiger partial charge on any atom is -0.464 e. The second-order valence-electron chi connectivity index (χ2n) is 5.24. The molecule has 4 nitrogen and oxygen atoms in total. The molecule has 18 heavy (non-hydrogen) atoms. The van der Waals surface area contributed by atoms with Crippen LogP contribution in [0, 0.1) is 18.8 Å². The zero-order valence-electron chi connectivity index (χ0n) is 11.2. The summed E-state index contributed by atoms with van der Waals surface area (Å²) in [5.74, 6) is 2.39. The average Bonchev–Trinajstić information content (AvgIpc) is 2.96. The zero-order chi connectivity index (χ0) is 13.1. The lowest BCUT2D eigenvalue weighted by Crippen LogP contribution is -2.36. The van der Waals surface area contributed by atoms with Gasteiger partial charge >= 0.3 is 0 Å². The fraction of sp³-hybridized carbons (Fsp3) is 0.643. The van der Waals surface area contributed by atoms with E-state index in [0.29, 0.717) is 19.0 Å². The molecule has 100 valence electrons. The van der Waals surface area contributed by atoms with Gasteiger partial charge in [-0.15, -0.1) is 0 Å². The first kappa shape index (κ1) is 13.1. The topological polar surface area (TPSA) is 59.5 Å². The highest BCUT2D eigenvalue weighted by Crippen LogP contribution is 2.32. The molecule has 1 saturated carbocycles. The third kappa shape index (κ3) is 2.75. The molecular weight excluding hydrogens is 228 g/mol. The number of hydrogen-bond donors (Lipinski definition) is 1. The van der Waals surface area contributed by atoms with Crippen LogP contribution in [0.2, 0.25) is 0 Å². The fourth-order valence-electron chi connectivity index (χ4n) is 2.81. The first-order valence-corrected chi connectivity index (χ1v) is 6.62. The van der Waals surface area contributed by atoms with Gasteiger partial charge in [-0.05, 0) is 44.4 Å². The summed E-state index contributed by atoms with van der Waals surface area (Å²) in [5, 5.41) is 0. The molecule has 0 radical (unpaired) electrons. The Morgan fingerprint density at radius 2 is 2.28 bits per heavy atom. The van der Waals surface area contributed by atoms with Gasteiger partial charge in [0.2, 0.25) is 5.91 Å². The van der Waals surface area contributed by atoms with E-state index in [9.17, 15) is 4.79 Å². The summed E-state index contributed by atoms with van der Waals surface area (Å²) in [6.07, 6.45) is 3.18. The lowest BCUT2D eigenvalue weighted by molar-refractivity contribution is -0.136. The number of carbonyl (C=O) groups excluding carboxylic acids is 1. The molecule has 0 aliphatic heterocycles. The van der Waals surface area contributed by atoms with Gasteiger partial charge < -0.3 is 15.1 Å². The van der Waals surface area contributed by atoms with Gasteiger partial charge in [0.15, 0.2) is 0 Å². The van der Waals surface area contributed by atoms with Crippen LogP contribution in [0.15, 0.2) is 16.5 Å². The van der Waals surface area contributed by atoms with E-state index >= 15 is 0 Å². The van der Waals surface area contributed by atoms with Crippen LogP contribution in [-0.2, 0) is 11.3 Å². The van der Waals surface area contributed by atoms with Crippen LogP contribution >= 0.6 is 0 Å². The Morgan fingerprint density at radius 1 is 1.50 bits per heavy atom. The lowest BCUT2D eigenvalue weighted by atomic mass is 9.95. The van der Waals surface area contributed by atoms with Crippen molar-refractivity contribution in [1.29, 1.82) is 0 Å². The number of rotatable bonds is 4. The zero-order valence-corrected chi connectivity index (χ0v) is 11.2. The summed E-state index contributed by atoms with van der Waals surface area (Å²) in [4.78, 5) is 14.1. The highest BCUT2D eigenvalue weighted by molar-refractivity contribution is 5.79. The monoisotopic (exact) mass is 250 g/mol. The summed E-state index contributed by atoms with van der Waals surface area (Å²) < 4.78 is 5.50. The molecule has 1 aliphatic carbocycles. The molecule has 4 heteroatoms. The quantitative estimate of drug-likeness (QED) is 0.888. The molecule has 2 unspecified atom stereocenters. The van der Waals surface area contributed by atoms with Crippen LogP contribution in [0.1, 0.15) is 30.8 Å². The second-order valence-corrected chi connectivity index (χ2v) is 5.24. The van der Waals surface area contributed by atoms with Crippen molar-refractivity contribution >= 4 is 5.91 Å². The minimum absolute atomic E-state index is 0.107. The SMILES string of the molecule is Cc1ccc(CN(C)C(=O)C2CCCC2CN)o1. The number of hydrogen-bond acceptors (Lipinski definition) is 3. The summed E-state index contributed by atoms with van der Waals surface area (Å²) >= 11 is 0. The van der Waals surface area contributed by atoms with E-state index < -0.39 is 0 Å². The molecule has 1 amide bonds. The van der Waals surface area contributed by atoms with E-state index in [1.54, 1.807) is 4.90 Å². The molecule has 2 rings (SSSR count). The maximum Gasteiger partial charge on any atom is 0.226 e. The Kier molecular flexibility index (Phi) is 4.07. The van der Waals surface area contributed by atoms with E-state index in [-0.39, 0.29) is 11.8 Å². The summed E-state index contributed by atoms with van der Waals surface area (Å²) in [5.41, 5.74) is 5.73. The summed E-state index contributed by atoms with van der Waals surface area (Å²) in [6.45, 7) is 3.07. The van der Waals surface area contributed by atoms with Gasteiger partial charge in [-0.3, -0.25) is 4.79 Å². The Labute approximate surface area is 108 Å². The molecule has 0 bridgehead atoms. The molecule has 1 fully saturated rings. The van der Waals surface area contributed by atoms with Crippen molar-refractivity contribution in [2.75, 3.05) is 13.6 Å². The first-order valence-electron chi connectivity index (χ1n) is 6.62. The van der Waals surface area contributed by atoms with Crippen molar-refractivity contribution in [3.05, 3.63) is 23.7 Å². The van der Waals surface area contributed by atoms with Crippen molar-refractivity contribution in [2.45, 2.75) is 32.7 Å². The smallest absolute Gasteiger partial charge is 0.226 e. The number of nitrogens with zero attached hydrogens (tertiary/aromatic N) is 1. The van der Waals surface area contributed by atoms with Gasteiger partial charge in [-0.25, -0.2) is 0 Å². The van der Waals surface area contributed by atoms with Gasteiger partial charge in [0.05, 0.1) is 6.54 Å². The molecule has 2 N–H and O–H groups in total. The van der Waals surface area contributed by atoms with Gasteiger partial charge in [0.1, 0.15) is 11.5 Å². The Balaban J connectivity index is 1.96. The standard InChI is InChI=1S/C14H22N2O2/c1-10-6-7-12(18-10)9-16(2)14(17)13-5-3-4-11(13)8-15/h6-7,11,13H,3-5,8-9,15H2,1-2H3. The van der Waals surface area contributed by atoms with Crippen molar-refractivity contribution in [3.8, 4) is 0 Å². The summed E-state index contributed by atoms with van der Waals surface area (Å²) in [6, 6.07) is 3.85. The molecule has 2 atom stereocenters.